The molecule has 2 aromatic rings. The van der Waals surface area contributed by atoms with Gasteiger partial charge in [0.1, 0.15) is 0 Å². The summed E-state index contributed by atoms with van der Waals surface area (Å²) in [5, 5.41) is 0. The second-order valence-corrected chi connectivity index (χ2v) is 3.15. The van der Waals surface area contributed by atoms with E-state index in [9.17, 15) is 0 Å². The first-order chi connectivity index (χ1) is 6.92. The molecule has 0 N–H and O–H groups in total. The van der Waals surface area contributed by atoms with E-state index < -0.39 is 0 Å². The molecule has 0 radical (unpaired) electrons. The summed E-state index contributed by atoms with van der Waals surface area (Å²) in [5.41, 5.74) is 2.47. The lowest BCUT2D eigenvalue weighted by Gasteiger charge is -2.03. The van der Waals surface area contributed by atoms with E-state index in [0.29, 0.717) is 0 Å². The second kappa shape index (κ2) is 3.97. The molecule has 0 spiro atoms. The van der Waals surface area contributed by atoms with Crippen molar-refractivity contribution in [3.05, 3.63) is 54.7 Å². The molecule has 0 aliphatic carbocycles. The maximum atomic E-state index is 2.12. The first-order valence-electron chi connectivity index (χ1n) is 4.77. The highest BCUT2D eigenvalue weighted by atomic mass is 14.9. The predicted octanol–water partition coefficient (Wildman–Crippen LogP) is 3.65. The smallest absolute Gasteiger partial charge is 0.0522 e. The molecule has 1 heteroatoms. The third kappa shape index (κ3) is 1.62. The number of hydrogen-bond acceptors (Lipinski definition) is 0. The zero-order valence-electron chi connectivity index (χ0n) is 8.22. The van der Waals surface area contributed by atoms with Crippen LogP contribution in [0.1, 0.15) is 6.92 Å². The Morgan fingerprint density at radius 2 is 1.79 bits per heavy atom. The topological polar surface area (TPSA) is 4.93 Å². The Balaban J connectivity index is 2.47. The number of hydrogen-bond donors (Lipinski definition) is 0. The maximum Gasteiger partial charge on any atom is 0.0522 e. The number of rotatable bonds is 2. The van der Waals surface area contributed by atoms with Gasteiger partial charge in [0.2, 0.25) is 0 Å². The van der Waals surface area contributed by atoms with Crippen molar-refractivity contribution in [2.75, 3.05) is 0 Å². The number of allylic oxidation sites excluding steroid dienone is 1. The van der Waals surface area contributed by atoms with Crippen LogP contribution in [0.25, 0.3) is 17.5 Å². The van der Waals surface area contributed by atoms with Gasteiger partial charge in [-0.15, -0.1) is 0 Å². The van der Waals surface area contributed by atoms with Crippen molar-refractivity contribution in [1.82, 2.24) is 4.57 Å². The SMILES string of the molecule is C/C=C/n1cccc1-c1ccccc1. The predicted molar refractivity (Wildman–Crippen MR) is 60.9 cm³/mol. The molecule has 0 aliphatic rings. The molecule has 0 bridgehead atoms. The molecule has 2 rings (SSSR count). The molecule has 70 valence electrons. The summed E-state index contributed by atoms with van der Waals surface area (Å²) in [7, 11) is 0. The quantitative estimate of drug-likeness (QED) is 0.669. The molecular weight excluding hydrogens is 170 g/mol. The first kappa shape index (κ1) is 8.82. The Morgan fingerprint density at radius 3 is 2.50 bits per heavy atom. The van der Waals surface area contributed by atoms with E-state index in [1.165, 1.54) is 11.3 Å². The zero-order chi connectivity index (χ0) is 9.80. The molecule has 1 aromatic carbocycles. The monoisotopic (exact) mass is 183 g/mol. The van der Waals surface area contributed by atoms with E-state index in [0.717, 1.165) is 0 Å². The van der Waals surface area contributed by atoms with Gasteiger partial charge in [-0.1, -0.05) is 36.4 Å². The number of benzene rings is 1. The third-order valence-corrected chi connectivity index (χ3v) is 2.16. The van der Waals surface area contributed by atoms with Gasteiger partial charge < -0.3 is 4.57 Å². The minimum atomic E-state index is 1.23. The fourth-order valence-electron chi connectivity index (χ4n) is 1.54. The van der Waals surface area contributed by atoms with Gasteiger partial charge in [0.15, 0.2) is 0 Å². The summed E-state index contributed by atoms with van der Waals surface area (Å²) in [6.45, 7) is 2.02. The normalized spacial score (nSPS) is 10.9. The van der Waals surface area contributed by atoms with Crippen LogP contribution in [0.3, 0.4) is 0 Å². The zero-order valence-corrected chi connectivity index (χ0v) is 8.22. The molecular formula is C13H13N. The fraction of sp³-hybridized carbons (Fsp3) is 0.0769. The summed E-state index contributed by atoms with van der Waals surface area (Å²) in [6.07, 6.45) is 6.15. The Kier molecular flexibility index (Phi) is 2.50. The molecule has 0 saturated carbocycles. The molecule has 0 saturated heterocycles. The summed E-state index contributed by atoms with van der Waals surface area (Å²) in [6, 6.07) is 14.6. The van der Waals surface area contributed by atoms with Crippen LogP contribution in [-0.2, 0) is 0 Å². The van der Waals surface area contributed by atoms with Crippen LogP contribution < -0.4 is 0 Å². The van der Waals surface area contributed by atoms with Crippen molar-refractivity contribution in [3.8, 4) is 11.3 Å². The van der Waals surface area contributed by atoms with Crippen LogP contribution in [0.5, 0.6) is 0 Å². The summed E-state index contributed by atoms with van der Waals surface area (Å²) in [5.74, 6) is 0. The molecule has 0 unspecified atom stereocenters. The lowest BCUT2D eigenvalue weighted by molar-refractivity contribution is 1.17. The second-order valence-electron chi connectivity index (χ2n) is 3.15. The van der Waals surface area contributed by atoms with Gasteiger partial charge >= 0.3 is 0 Å². The van der Waals surface area contributed by atoms with Gasteiger partial charge in [-0.2, -0.15) is 0 Å². The molecule has 14 heavy (non-hydrogen) atoms. The van der Waals surface area contributed by atoms with Crippen LogP contribution in [0.15, 0.2) is 54.7 Å². The Labute approximate surface area is 84.3 Å². The summed E-state index contributed by atoms with van der Waals surface area (Å²) < 4.78 is 2.12. The van der Waals surface area contributed by atoms with Crippen molar-refractivity contribution in [1.29, 1.82) is 0 Å². The fourth-order valence-corrected chi connectivity index (χ4v) is 1.54. The van der Waals surface area contributed by atoms with Gasteiger partial charge in [0, 0.05) is 12.4 Å². The average Bonchev–Trinajstić information content (AvgIpc) is 2.68. The van der Waals surface area contributed by atoms with E-state index >= 15 is 0 Å². The first-order valence-corrected chi connectivity index (χ1v) is 4.77. The highest BCUT2D eigenvalue weighted by molar-refractivity contribution is 5.62. The van der Waals surface area contributed by atoms with Crippen molar-refractivity contribution < 1.29 is 0 Å². The van der Waals surface area contributed by atoms with E-state index in [1.807, 2.05) is 19.1 Å². The van der Waals surface area contributed by atoms with Crippen molar-refractivity contribution in [3.63, 3.8) is 0 Å². The molecule has 1 nitrogen and oxygen atoms in total. The molecule has 0 atom stereocenters. The molecule has 0 amide bonds. The molecule has 0 fully saturated rings. The standard InChI is InChI=1S/C13H13N/c1-2-10-14-11-6-9-13(14)12-7-4-3-5-8-12/h2-11H,1H3/b10-2+. The average molecular weight is 183 g/mol. The van der Waals surface area contributed by atoms with Crippen LogP contribution in [0.4, 0.5) is 0 Å². The maximum absolute atomic E-state index is 2.12. The highest BCUT2D eigenvalue weighted by Gasteiger charge is 1.99. The van der Waals surface area contributed by atoms with Crippen LogP contribution in [0, 0.1) is 0 Å². The van der Waals surface area contributed by atoms with E-state index in [2.05, 4.69) is 53.4 Å². The van der Waals surface area contributed by atoms with Crippen LogP contribution in [0.2, 0.25) is 0 Å². The van der Waals surface area contributed by atoms with Gasteiger partial charge in [-0.05, 0) is 24.6 Å². The van der Waals surface area contributed by atoms with Gasteiger partial charge in [-0.25, -0.2) is 0 Å². The molecule has 1 heterocycles. The van der Waals surface area contributed by atoms with Crippen LogP contribution in [-0.4, -0.2) is 4.57 Å². The highest BCUT2D eigenvalue weighted by Crippen LogP contribution is 2.19. The van der Waals surface area contributed by atoms with Gasteiger partial charge in [0.05, 0.1) is 5.69 Å². The Hall–Kier alpha value is -1.76. The van der Waals surface area contributed by atoms with E-state index in [1.54, 1.807) is 0 Å². The summed E-state index contributed by atoms with van der Waals surface area (Å²) in [4.78, 5) is 0. The number of aromatic nitrogens is 1. The third-order valence-electron chi connectivity index (χ3n) is 2.16. The summed E-state index contributed by atoms with van der Waals surface area (Å²) >= 11 is 0. The molecule has 1 aromatic heterocycles. The van der Waals surface area contributed by atoms with Crippen molar-refractivity contribution in [2.24, 2.45) is 0 Å². The Morgan fingerprint density at radius 1 is 1.00 bits per heavy atom. The minimum absolute atomic E-state index is 1.23. The van der Waals surface area contributed by atoms with Crippen molar-refractivity contribution in [2.45, 2.75) is 6.92 Å². The lowest BCUT2D eigenvalue weighted by atomic mass is 10.1. The van der Waals surface area contributed by atoms with E-state index in [4.69, 9.17) is 0 Å². The largest absolute Gasteiger partial charge is 0.324 e. The van der Waals surface area contributed by atoms with Crippen LogP contribution >= 0.6 is 0 Å². The van der Waals surface area contributed by atoms with Crippen molar-refractivity contribution >= 4 is 6.20 Å². The van der Waals surface area contributed by atoms with Gasteiger partial charge in [0.25, 0.3) is 0 Å². The minimum Gasteiger partial charge on any atom is -0.324 e. The van der Waals surface area contributed by atoms with Gasteiger partial charge in [-0.3, -0.25) is 0 Å². The van der Waals surface area contributed by atoms with E-state index in [-0.39, 0.29) is 0 Å². The Bertz CT molecular complexity index is 424. The number of nitrogens with zero attached hydrogens (tertiary/aromatic N) is 1. The molecule has 0 aliphatic heterocycles. The lowest BCUT2D eigenvalue weighted by Crippen LogP contribution is -1.86.